The number of likely N-dealkylation sites (tertiary alicyclic amines) is 1. The Morgan fingerprint density at radius 3 is 2.48 bits per heavy atom. The highest BCUT2D eigenvalue weighted by Gasteiger charge is 2.47. The van der Waals surface area contributed by atoms with E-state index in [-0.39, 0.29) is 6.54 Å². The Kier molecular flexibility index (Phi) is 5.65. The molecular weight excluding hydrogens is 270 g/mol. The third-order valence-corrected chi connectivity index (χ3v) is 3.98. The van der Waals surface area contributed by atoms with Crippen LogP contribution in [0.3, 0.4) is 0 Å². The van der Waals surface area contributed by atoms with Crippen LogP contribution in [-0.4, -0.2) is 40.8 Å². The van der Waals surface area contributed by atoms with Crippen molar-refractivity contribution in [3.8, 4) is 0 Å². The van der Waals surface area contributed by atoms with Gasteiger partial charge >= 0.3 is 12.1 Å². The maximum absolute atomic E-state index is 12.1. The lowest BCUT2D eigenvalue weighted by atomic mass is 9.78. The fraction of sp³-hybridized carbons (Fsp3) is 0.875. The van der Waals surface area contributed by atoms with E-state index in [0.717, 1.165) is 12.8 Å². The number of carboxylic acids is 1. The fourth-order valence-corrected chi connectivity index (χ4v) is 3.05. The number of carbonyl (C=O) groups excluding carboxylic acids is 1. The van der Waals surface area contributed by atoms with E-state index in [1.54, 1.807) is 0 Å². The molecule has 1 rings (SSSR count). The molecule has 0 spiro atoms. The van der Waals surface area contributed by atoms with E-state index < -0.39 is 23.1 Å². The van der Waals surface area contributed by atoms with E-state index in [1.807, 2.05) is 20.8 Å². The first-order valence-electron chi connectivity index (χ1n) is 7.81. The molecule has 0 aromatic carbocycles. The fourth-order valence-electron chi connectivity index (χ4n) is 3.05. The van der Waals surface area contributed by atoms with Crippen LogP contribution in [-0.2, 0) is 9.53 Å². The predicted molar refractivity (Wildman–Crippen MR) is 81.2 cm³/mol. The molecular formula is C16H29NO4. The summed E-state index contributed by atoms with van der Waals surface area (Å²) in [4.78, 5) is 25.4. The van der Waals surface area contributed by atoms with Gasteiger partial charge in [0, 0.05) is 13.1 Å². The number of hydrogen-bond acceptors (Lipinski definition) is 3. The first-order chi connectivity index (χ1) is 9.59. The molecule has 122 valence electrons. The zero-order valence-electron chi connectivity index (χ0n) is 13.9. The molecule has 1 N–H and O–H groups in total. The zero-order valence-corrected chi connectivity index (χ0v) is 13.9. The highest BCUT2D eigenvalue weighted by atomic mass is 16.6. The van der Waals surface area contributed by atoms with Gasteiger partial charge in [0.05, 0.1) is 5.41 Å². The van der Waals surface area contributed by atoms with Crippen LogP contribution >= 0.6 is 0 Å². The second-order valence-corrected chi connectivity index (χ2v) is 7.34. The summed E-state index contributed by atoms with van der Waals surface area (Å²) >= 11 is 0. The summed E-state index contributed by atoms with van der Waals surface area (Å²) in [5.74, 6) is -0.443. The molecule has 1 amide bonds. The second-order valence-electron chi connectivity index (χ2n) is 7.34. The lowest BCUT2D eigenvalue weighted by molar-refractivity contribution is -0.149. The Morgan fingerprint density at radius 1 is 1.38 bits per heavy atom. The number of ether oxygens (including phenoxy) is 1. The molecule has 2 atom stereocenters. The van der Waals surface area contributed by atoms with E-state index in [9.17, 15) is 14.7 Å². The van der Waals surface area contributed by atoms with Crippen molar-refractivity contribution in [3.63, 3.8) is 0 Å². The monoisotopic (exact) mass is 299 g/mol. The minimum absolute atomic E-state index is 0.255. The Morgan fingerprint density at radius 2 is 2.00 bits per heavy atom. The standard InChI is InChI=1S/C16H29NO4/c1-6-7-12(2)10-16(13(18)19)8-9-17(11-16)14(20)21-15(3,4)5/h12H,6-11H2,1-5H3,(H,18,19). The number of nitrogens with zero attached hydrogens (tertiary/aromatic N) is 1. The number of carbonyl (C=O) groups is 2. The molecule has 5 nitrogen and oxygen atoms in total. The number of hydrogen-bond donors (Lipinski definition) is 1. The highest BCUT2D eigenvalue weighted by molar-refractivity contribution is 5.78. The van der Waals surface area contributed by atoms with Gasteiger partial charge in [0.25, 0.3) is 0 Å². The van der Waals surface area contributed by atoms with Gasteiger partial charge in [-0.15, -0.1) is 0 Å². The molecule has 1 aliphatic rings. The van der Waals surface area contributed by atoms with E-state index in [2.05, 4.69) is 13.8 Å². The van der Waals surface area contributed by atoms with Crippen LogP contribution < -0.4 is 0 Å². The minimum atomic E-state index is -0.814. The van der Waals surface area contributed by atoms with E-state index in [1.165, 1.54) is 4.90 Å². The zero-order chi connectivity index (χ0) is 16.3. The van der Waals surface area contributed by atoms with Gasteiger partial charge in [-0.25, -0.2) is 4.79 Å². The number of aliphatic carboxylic acids is 1. The molecule has 1 aliphatic heterocycles. The largest absolute Gasteiger partial charge is 0.481 e. The van der Waals surface area contributed by atoms with Crippen molar-refractivity contribution >= 4 is 12.1 Å². The Bertz CT molecular complexity index is 388. The van der Waals surface area contributed by atoms with Crippen LogP contribution in [0, 0.1) is 11.3 Å². The average Bonchev–Trinajstić information content (AvgIpc) is 2.72. The van der Waals surface area contributed by atoms with Gasteiger partial charge in [0.1, 0.15) is 5.60 Å². The molecule has 0 radical (unpaired) electrons. The minimum Gasteiger partial charge on any atom is -0.481 e. The molecule has 1 heterocycles. The maximum Gasteiger partial charge on any atom is 0.410 e. The summed E-state index contributed by atoms with van der Waals surface area (Å²) in [6, 6.07) is 0. The third-order valence-electron chi connectivity index (χ3n) is 3.98. The maximum atomic E-state index is 12.1. The summed E-state index contributed by atoms with van der Waals surface area (Å²) in [7, 11) is 0. The lowest BCUT2D eigenvalue weighted by Crippen LogP contribution is -2.40. The molecule has 0 saturated carbocycles. The van der Waals surface area contributed by atoms with Crippen molar-refractivity contribution in [2.24, 2.45) is 11.3 Å². The van der Waals surface area contributed by atoms with Crippen LogP contribution in [0.15, 0.2) is 0 Å². The van der Waals surface area contributed by atoms with Gasteiger partial charge in [-0.3, -0.25) is 4.79 Å². The van der Waals surface area contributed by atoms with Crippen molar-refractivity contribution in [2.75, 3.05) is 13.1 Å². The Balaban J connectivity index is 2.73. The molecule has 0 aromatic heterocycles. The Labute approximate surface area is 127 Å². The number of rotatable bonds is 5. The van der Waals surface area contributed by atoms with Crippen LogP contribution in [0.1, 0.15) is 60.3 Å². The molecule has 5 heteroatoms. The first kappa shape index (κ1) is 17.8. The van der Waals surface area contributed by atoms with Gasteiger partial charge in [0.2, 0.25) is 0 Å². The van der Waals surface area contributed by atoms with E-state index in [0.29, 0.717) is 25.3 Å². The topological polar surface area (TPSA) is 66.8 Å². The highest BCUT2D eigenvalue weighted by Crippen LogP contribution is 2.38. The first-order valence-corrected chi connectivity index (χ1v) is 7.81. The molecule has 1 fully saturated rings. The number of amides is 1. The van der Waals surface area contributed by atoms with Crippen molar-refractivity contribution < 1.29 is 19.4 Å². The quantitative estimate of drug-likeness (QED) is 0.843. The van der Waals surface area contributed by atoms with Gasteiger partial charge in [-0.1, -0.05) is 26.7 Å². The Hall–Kier alpha value is -1.26. The normalized spacial score (nSPS) is 24.0. The van der Waals surface area contributed by atoms with Crippen LogP contribution in [0.4, 0.5) is 4.79 Å². The molecule has 21 heavy (non-hydrogen) atoms. The second kappa shape index (κ2) is 6.67. The summed E-state index contributed by atoms with van der Waals surface area (Å²) in [6.07, 6.45) is 2.79. The van der Waals surface area contributed by atoms with Crippen molar-refractivity contribution in [3.05, 3.63) is 0 Å². The van der Waals surface area contributed by atoms with E-state index >= 15 is 0 Å². The smallest absolute Gasteiger partial charge is 0.410 e. The van der Waals surface area contributed by atoms with Gasteiger partial charge in [0.15, 0.2) is 0 Å². The summed E-state index contributed by atoms with van der Waals surface area (Å²) < 4.78 is 5.34. The predicted octanol–water partition coefficient (Wildman–Crippen LogP) is 3.52. The van der Waals surface area contributed by atoms with Crippen LogP contribution in [0.5, 0.6) is 0 Å². The average molecular weight is 299 g/mol. The summed E-state index contributed by atoms with van der Waals surface area (Å²) in [6.45, 7) is 10.3. The van der Waals surface area contributed by atoms with E-state index in [4.69, 9.17) is 4.74 Å². The molecule has 0 aromatic rings. The van der Waals surface area contributed by atoms with Crippen molar-refractivity contribution in [2.45, 2.75) is 65.9 Å². The molecule has 1 saturated heterocycles. The molecule has 0 aliphatic carbocycles. The van der Waals surface area contributed by atoms with Crippen LogP contribution in [0.25, 0.3) is 0 Å². The SMILES string of the molecule is CCCC(C)CC1(C(=O)O)CCN(C(=O)OC(C)(C)C)C1. The molecule has 0 bridgehead atoms. The van der Waals surface area contributed by atoms with Crippen molar-refractivity contribution in [1.82, 2.24) is 4.90 Å². The number of carboxylic acid groups (broad SMARTS) is 1. The third kappa shape index (κ3) is 4.90. The van der Waals surface area contributed by atoms with Gasteiger partial charge < -0.3 is 14.7 Å². The van der Waals surface area contributed by atoms with Gasteiger partial charge in [-0.05, 0) is 39.5 Å². The molecule has 2 unspecified atom stereocenters. The lowest BCUT2D eigenvalue weighted by Gasteiger charge is -2.29. The summed E-state index contributed by atoms with van der Waals surface area (Å²) in [5.41, 5.74) is -1.37. The van der Waals surface area contributed by atoms with Crippen LogP contribution in [0.2, 0.25) is 0 Å². The van der Waals surface area contributed by atoms with Crippen molar-refractivity contribution in [1.29, 1.82) is 0 Å². The van der Waals surface area contributed by atoms with Gasteiger partial charge in [-0.2, -0.15) is 0 Å². The summed E-state index contributed by atoms with van der Waals surface area (Å²) in [5, 5.41) is 9.63.